The van der Waals surface area contributed by atoms with Crippen molar-refractivity contribution in [2.45, 2.75) is 84.6 Å². The third kappa shape index (κ3) is 11.0. The molecule has 0 bridgehead atoms. The summed E-state index contributed by atoms with van der Waals surface area (Å²) in [6.07, 6.45) is 9.19. The van der Waals surface area contributed by atoms with Gasteiger partial charge < -0.3 is 5.73 Å². The molecule has 3 N–H and O–H groups in total. The van der Waals surface area contributed by atoms with Gasteiger partial charge in [0, 0.05) is 6.42 Å². The molecule has 0 heterocycles. The molecule has 0 saturated carbocycles. The standard InChI is InChI=1S/C16H32N2O2/c1-4-5-6-7-8-9-10-11-15(19)18-16(20)14(17)12-13(2)3/h13-14H,4-12,17H2,1-3H3,(H,18,19,20)/t14-/m0/s1. The molecule has 0 saturated heterocycles. The number of unbranched alkanes of at least 4 members (excludes halogenated alkanes) is 6. The lowest BCUT2D eigenvalue weighted by Crippen LogP contribution is -2.44. The second-order valence-electron chi connectivity index (χ2n) is 6.02. The Kier molecular flexibility index (Phi) is 11.4. The summed E-state index contributed by atoms with van der Waals surface area (Å²) in [5.74, 6) is -0.177. The maximum Gasteiger partial charge on any atom is 0.243 e. The monoisotopic (exact) mass is 284 g/mol. The van der Waals surface area contributed by atoms with Gasteiger partial charge in [-0.25, -0.2) is 0 Å². The van der Waals surface area contributed by atoms with Gasteiger partial charge >= 0.3 is 0 Å². The van der Waals surface area contributed by atoms with Gasteiger partial charge in [0.1, 0.15) is 0 Å². The lowest BCUT2D eigenvalue weighted by Gasteiger charge is -2.13. The van der Waals surface area contributed by atoms with Crippen molar-refractivity contribution in [1.29, 1.82) is 0 Å². The fraction of sp³-hybridized carbons (Fsp3) is 0.875. The molecule has 0 fully saturated rings. The molecule has 0 unspecified atom stereocenters. The van der Waals surface area contributed by atoms with E-state index in [0.717, 1.165) is 12.8 Å². The van der Waals surface area contributed by atoms with E-state index >= 15 is 0 Å². The Bertz CT molecular complexity index is 278. The Morgan fingerprint density at radius 3 is 2.10 bits per heavy atom. The molecule has 2 amide bonds. The van der Waals surface area contributed by atoms with Crippen LogP contribution in [0, 0.1) is 5.92 Å². The Labute approximate surface area is 123 Å². The van der Waals surface area contributed by atoms with Gasteiger partial charge in [0.25, 0.3) is 0 Å². The van der Waals surface area contributed by atoms with Crippen molar-refractivity contribution in [2.75, 3.05) is 0 Å². The van der Waals surface area contributed by atoms with Gasteiger partial charge in [-0.15, -0.1) is 0 Å². The predicted molar refractivity (Wildman–Crippen MR) is 83.2 cm³/mol. The molecule has 0 aliphatic carbocycles. The Balaban J connectivity index is 3.60. The van der Waals surface area contributed by atoms with Gasteiger partial charge in [-0.2, -0.15) is 0 Å². The van der Waals surface area contributed by atoms with Gasteiger partial charge in [0.15, 0.2) is 0 Å². The number of amides is 2. The smallest absolute Gasteiger partial charge is 0.243 e. The van der Waals surface area contributed by atoms with Crippen LogP contribution in [-0.4, -0.2) is 17.9 Å². The minimum absolute atomic E-state index is 0.192. The first-order chi connectivity index (χ1) is 9.47. The van der Waals surface area contributed by atoms with Crippen LogP contribution < -0.4 is 11.1 Å². The highest BCUT2D eigenvalue weighted by molar-refractivity contribution is 5.97. The van der Waals surface area contributed by atoms with Gasteiger partial charge in [0.05, 0.1) is 6.04 Å². The van der Waals surface area contributed by atoms with Gasteiger partial charge in [0.2, 0.25) is 11.8 Å². The van der Waals surface area contributed by atoms with Crippen LogP contribution in [0.3, 0.4) is 0 Å². The molecule has 0 aliphatic heterocycles. The van der Waals surface area contributed by atoms with E-state index in [1.54, 1.807) is 0 Å². The van der Waals surface area contributed by atoms with Crippen molar-refractivity contribution in [2.24, 2.45) is 11.7 Å². The van der Waals surface area contributed by atoms with E-state index in [9.17, 15) is 9.59 Å². The maximum absolute atomic E-state index is 11.6. The second-order valence-corrected chi connectivity index (χ2v) is 6.02. The van der Waals surface area contributed by atoms with Crippen LogP contribution in [0.15, 0.2) is 0 Å². The van der Waals surface area contributed by atoms with Gasteiger partial charge in [-0.05, 0) is 18.8 Å². The van der Waals surface area contributed by atoms with E-state index in [1.807, 2.05) is 13.8 Å². The zero-order valence-corrected chi connectivity index (χ0v) is 13.4. The van der Waals surface area contributed by atoms with Crippen LogP contribution in [0.4, 0.5) is 0 Å². The number of carbonyl (C=O) groups excluding carboxylic acids is 2. The van der Waals surface area contributed by atoms with E-state index in [-0.39, 0.29) is 11.8 Å². The first-order valence-corrected chi connectivity index (χ1v) is 8.06. The van der Waals surface area contributed by atoms with E-state index in [0.29, 0.717) is 18.8 Å². The zero-order chi connectivity index (χ0) is 15.4. The molecule has 0 spiro atoms. The number of carbonyl (C=O) groups is 2. The summed E-state index contributed by atoms with van der Waals surface area (Å²) >= 11 is 0. The predicted octanol–water partition coefficient (Wildman–Crippen LogP) is 3.14. The van der Waals surface area contributed by atoms with Crippen molar-refractivity contribution in [3.05, 3.63) is 0 Å². The minimum Gasteiger partial charge on any atom is -0.320 e. The van der Waals surface area contributed by atoms with Crippen LogP contribution in [0.25, 0.3) is 0 Å². The SMILES string of the molecule is CCCCCCCCCC(=O)NC(=O)[C@@H](N)CC(C)C. The molecule has 1 atom stereocenters. The topological polar surface area (TPSA) is 72.2 Å². The maximum atomic E-state index is 11.6. The number of nitrogens with one attached hydrogen (secondary N) is 1. The summed E-state index contributed by atoms with van der Waals surface area (Å²) in [5, 5.41) is 2.39. The summed E-state index contributed by atoms with van der Waals surface area (Å²) in [4.78, 5) is 23.2. The molecule has 0 aromatic heterocycles. The molecule has 118 valence electrons. The molecule has 4 nitrogen and oxygen atoms in total. The van der Waals surface area contributed by atoms with Crippen molar-refractivity contribution >= 4 is 11.8 Å². The molecule has 20 heavy (non-hydrogen) atoms. The molecule has 0 rings (SSSR count). The lowest BCUT2D eigenvalue weighted by molar-refractivity contribution is -0.131. The fourth-order valence-corrected chi connectivity index (χ4v) is 2.15. The first-order valence-electron chi connectivity index (χ1n) is 8.06. The minimum atomic E-state index is -0.576. The van der Waals surface area contributed by atoms with Crippen LogP contribution in [0.1, 0.15) is 78.6 Å². The van der Waals surface area contributed by atoms with Gasteiger partial charge in [-0.3, -0.25) is 14.9 Å². The van der Waals surface area contributed by atoms with Crippen molar-refractivity contribution < 1.29 is 9.59 Å². The molecule has 0 aliphatic rings. The van der Waals surface area contributed by atoms with Crippen LogP contribution in [-0.2, 0) is 9.59 Å². The van der Waals surface area contributed by atoms with Crippen LogP contribution in [0.5, 0.6) is 0 Å². The molecule has 0 aromatic rings. The van der Waals surface area contributed by atoms with Crippen LogP contribution in [0.2, 0.25) is 0 Å². The van der Waals surface area contributed by atoms with E-state index < -0.39 is 6.04 Å². The molecule has 0 radical (unpaired) electrons. The quantitative estimate of drug-likeness (QED) is 0.572. The summed E-state index contributed by atoms with van der Waals surface area (Å²) in [6.45, 7) is 6.21. The average Bonchev–Trinajstić information content (AvgIpc) is 2.36. The normalized spacial score (nSPS) is 12.4. The highest BCUT2D eigenvalue weighted by Gasteiger charge is 2.16. The third-order valence-electron chi connectivity index (χ3n) is 3.33. The number of nitrogens with two attached hydrogens (primary N) is 1. The van der Waals surface area contributed by atoms with E-state index in [1.165, 1.54) is 32.1 Å². The highest BCUT2D eigenvalue weighted by atomic mass is 16.2. The van der Waals surface area contributed by atoms with Crippen molar-refractivity contribution in [1.82, 2.24) is 5.32 Å². The summed E-state index contributed by atoms with van der Waals surface area (Å²) < 4.78 is 0. The summed E-state index contributed by atoms with van der Waals surface area (Å²) in [5.41, 5.74) is 5.73. The molecule has 0 aromatic carbocycles. The Hall–Kier alpha value is -0.900. The third-order valence-corrected chi connectivity index (χ3v) is 3.33. The van der Waals surface area contributed by atoms with Crippen molar-refractivity contribution in [3.63, 3.8) is 0 Å². The largest absolute Gasteiger partial charge is 0.320 e. The van der Waals surface area contributed by atoms with E-state index in [4.69, 9.17) is 5.73 Å². The second kappa shape index (κ2) is 11.9. The molecular formula is C16H32N2O2. The molecule has 4 heteroatoms. The van der Waals surface area contributed by atoms with Gasteiger partial charge in [-0.1, -0.05) is 59.3 Å². The van der Waals surface area contributed by atoms with E-state index in [2.05, 4.69) is 12.2 Å². The number of hydrogen-bond acceptors (Lipinski definition) is 3. The average molecular weight is 284 g/mol. The highest BCUT2D eigenvalue weighted by Crippen LogP contribution is 2.08. The number of rotatable bonds is 11. The zero-order valence-electron chi connectivity index (χ0n) is 13.4. The Morgan fingerprint density at radius 2 is 1.55 bits per heavy atom. The molecular weight excluding hydrogens is 252 g/mol. The van der Waals surface area contributed by atoms with Crippen molar-refractivity contribution in [3.8, 4) is 0 Å². The first kappa shape index (κ1) is 19.1. The summed E-state index contributed by atoms with van der Waals surface area (Å²) in [7, 11) is 0. The number of imide groups is 1. The lowest BCUT2D eigenvalue weighted by atomic mass is 10.0. The Morgan fingerprint density at radius 1 is 1.00 bits per heavy atom. The van der Waals surface area contributed by atoms with Crippen LogP contribution >= 0.6 is 0 Å². The fourth-order valence-electron chi connectivity index (χ4n) is 2.15. The summed E-state index contributed by atoms with van der Waals surface area (Å²) in [6, 6.07) is -0.576. The number of hydrogen-bond donors (Lipinski definition) is 2.